The lowest BCUT2D eigenvalue weighted by atomic mass is 10.1. The number of aryl methyl sites for hydroxylation is 2. The van der Waals surface area contributed by atoms with Crippen LogP contribution in [0.1, 0.15) is 21.5 Å². The number of sulfonamides is 1. The molecule has 0 aromatic heterocycles. The van der Waals surface area contributed by atoms with E-state index in [1.165, 1.54) is 18.5 Å². The second-order valence-electron chi connectivity index (χ2n) is 6.98. The van der Waals surface area contributed by atoms with E-state index in [0.29, 0.717) is 30.2 Å². The Hall–Kier alpha value is -2.58. The van der Waals surface area contributed by atoms with Gasteiger partial charge < -0.3 is 14.4 Å². The van der Waals surface area contributed by atoms with Gasteiger partial charge in [-0.2, -0.15) is 4.31 Å². The smallest absolute Gasteiger partial charge is 0.257 e. The first-order valence-corrected chi connectivity index (χ1v) is 10.8. The molecule has 2 aromatic carbocycles. The van der Waals surface area contributed by atoms with Gasteiger partial charge in [-0.15, -0.1) is 0 Å². The number of ether oxygens (including phenoxy) is 2. The van der Waals surface area contributed by atoms with Gasteiger partial charge >= 0.3 is 0 Å². The molecule has 1 amide bonds. The topological polar surface area (TPSA) is 76.2 Å². The van der Waals surface area contributed by atoms with Crippen LogP contribution in [0.3, 0.4) is 0 Å². The van der Waals surface area contributed by atoms with Gasteiger partial charge in [0.25, 0.3) is 5.91 Å². The number of benzene rings is 2. The second-order valence-corrected chi connectivity index (χ2v) is 8.92. The first kappa shape index (κ1) is 21.1. The summed E-state index contributed by atoms with van der Waals surface area (Å²) in [5.41, 5.74) is 2.38. The van der Waals surface area contributed by atoms with Crippen LogP contribution in [0.5, 0.6) is 11.5 Å². The number of amides is 1. The maximum atomic E-state index is 13.0. The zero-order valence-corrected chi connectivity index (χ0v) is 18.0. The first-order valence-electron chi connectivity index (χ1n) is 9.37. The molecule has 1 heterocycles. The molecule has 0 N–H and O–H groups in total. The number of hydrogen-bond donors (Lipinski definition) is 0. The zero-order chi connectivity index (χ0) is 21.2. The summed E-state index contributed by atoms with van der Waals surface area (Å²) in [7, 11) is -0.583. The summed E-state index contributed by atoms with van der Waals surface area (Å²) in [5, 5.41) is 0. The molecule has 0 radical (unpaired) electrons. The highest BCUT2D eigenvalue weighted by Crippen LogP contribution is 2.32. The highest BCUT2D eigenvalue weighted by Gasteiger charge is 2.31. The third kappa shape index (κ3) is 4.09. The monoisotopic (exact) mass is 418 g/mol. The molecule has 3 rings (SSSR count). The second kappa shape index (κ2) is 8.42. The lowest BCUT2D eigenvalue weighted by molar-refractivity contribution is 0.0694. The minimum atomic E-state index is -3.59. The Morgan fingerprint density at radius 3 is 2.21 bits per heavy atom. The fourth-order valence-electron chi connectivity index (χ4n) is 3.38. The number of hydrogen-bond acceptors (Lipinski definition) is 5. The van der Waals surface area contributed by atoms with Crippen molar-refractivity contribution in [2.75, 3.05) is 40.4 Å². The summed E-state index contributed by atoms with van der Waals surface area (Å²) < 4.78 is 38.0. The van der Waals surface area contributed by atoms with Gasteiger partial charge in [0.05, 0.1) is 24.7 Å². The maximum absolute atomic E-state index is 13.0. The van der Waals surface area contributed by atoms with Crippen molar-refractivity contribution in [1.82, 2.24) is 9.21 Å². The van der Waals surface area contributed by atoms with E-state index in [-0.39, 0.29) is 23.9 Å². The minimum Gasteiger partial charge on any atom is -0.493 e. The number of carbonyl (C=O) groups is 1. The predicted octanol–water partition coefficient (Wildman–Crippen LogP) is 2.47. The van der Waals surface area contributed by atoms with Crippen LogP contribution in [-0.2, 0) is 10.0 Å². The van der Waals surface area contributed by atoms with Crippen molar-refractivity contribution in [3.05, 3.63) is 53.1 Å². The molecular formula is C21H26N2O5S. The van der Waals surface area contributed by atoms with Crippen molar-refractivity contribution >= 4 is 15.9 Å². The average Bonchev–Trinajstić information content (AvgIpc) is 2.74. The van der Waals surface area contributed by atoms with E-state index in [1.807, 2.05) is 19.9 Å². The normalized spacial score (nSPS) is 15.2. The Balaban J connectivity index is 1.75. The molecule has 1 aliphatic rings. The molecule has 8 heteroatoms. The molecule has 0 aliphatic carbocycles. The van der Waals surface area contributed by atoms with Crippen LogP contribution in [0.4, 0.5) is 0 Å². The largest absolute Gasteiger partial charge is 0.493 e. The molecule has 7 nitrogen and oxygen atoms in total. The molecule has 2 aromatic rings. The highest BCUT2D eigenvalue weighted by molar-refractivity contribution is 7.89. The van der Waals surface area contributed by atoms with Crippen molar-refractivity contribution in [1.29, 1.82) is 0 Å². The van der Waals surface area contributed by atoms with Crippen LogP contribution in [0.2, 0.25) is 0 Å². The van der Waals surface area contributed by atoms with E-state index < -0.39 is 10.0 Å². The molecular weight excluding hydrogens is 392 g/mol. The van der Waals surface area contributed by atoms with Gasteiger partial charge in [-0.1, -0.05) is 12.1 Å². The predicted molar refractivity (Wildman–Crippen MR) is 110 cm³/mol. The van der Waals surface area contributed by atoms with E-state index in [0.717, 1.165) is 11.1 Å². The quantitative estimate of drug-likeness (QED) is 0.746. The molecule has 0 unspecified atom stereocenters. The summed E-state index contributed by atoms with van der Waals surface area (Å²) >= 11 is 0. The third-order valence-electron chi connectivity index (χ3n) is 5.28. The fraction of sp³-hybridized carbons (Fsp3) is 0.381. The Morgan fingerprint density at radius 1 is 0.931 bits per heavy atom. The van der Waals surface area contributed by atoms with Crippen molar-refractivity contribution in [2.45, 2.75) is 18.7 Å². The van der Waals surface area contributed by atoms with Crippen LogP contribution in [0.15, 0.2) is 41.3 Å². The third-order valence-corrected chi connectivity index (χ3v) is 7.17. The molecule has 1 aliphatic heterocycles. The van der Waals surface area contributed by atoms with Crippen LogP contribution in [-0.4, -0.2) is 63.9 Å². The van der Waals surface area contributed by atoms with Crippen molar-refractivity contribution in [3.8, 4) is 11.5 Å². The van der Waals surface area contributed by atoms with Crippen LogP contribution in [0, 0.1) is 13.8 Å². The van der Waals surface area contributed by atoms with Gasteiger partial charge in [0.1, 0.15) is 0 Å². The summed E-state index contributed by atoms with van der Waals surface area (Å²) in [5.74, 6) is 0.656. The molecule has 0 bridgehead atoms. The Morgan fingerprint density at radius 2 is 1.62 bits per heavy atom. The van der Waals surface area contributed by atoms with Crippen molar-refractivity contribution < 1.29 is 22.7 Å². The Kier molecular flexibility index (Phi) is 6.14. The van der Waals surface area contributed by atoms with Gasteiger partial charge in [-0.3, -0.25) is 4.79 Å². The van der Waals surface area contributed by atoms with Gasteiger partial charge in [-0.05, 0) is 49.2 Å². The number of piperazine rings is 1. The Labute approximate surface area is 171 Å². The number of rotatable bonds is 5. The molecule has 29 heavy (non-hydrogen) atoms. The summed E-state index contributed by atoms with van der Waals surface area (Å²) in [4.78, 5) is 14.9. The Bertz CT molecular complexity index is 1010. The van der Waals surface area contributed by atoms with Gasteiger partial charge in [0, 0.05) is 26.2 Å². The molecule has 0 saturated carbocycles. The lowest BCUT2D eigenvalue weighted by Gasteiger charge is -2.34. The highest BCUT2D eigenvalue weighted by atomic mass is 32.2. The first-order chi connectivity index (χ1) is 13.8. The lowest BCUT2D eigenvalue weighted by Crippen LogP contribution is -2.50. The number of nitrogens with zero attached hydrogens (tertiary/aromatic N) is 2. The van der Waals surface area contributed by atoms with E-state index in [9.17, 15) is 13.2 Å². The summed E-state index contributed by atoms with van der Waals surface area (Å²) in [6, 6.07) is 10.3. The maximum Gasteiger partial charge on any atom is 0.257 e. The zero-order valence-electron chi connectivity index (χ0n) is 17.1. The summed E-state index contributed by atoms with van der Waals surface area (Å²) in [6.45, 7) is 4.95. The van der Waals surface area contributed by atoms with E-state index in [2.05, 4.69) is 0 Å². The standard InChI is InChI=1S/C21H26N2O5S/c1-15-8-9-17(14-16(15)2)29(25,26)23-12-10-22(11-13-23)21(24)18-6-5-7-19(27-3)20(18)28-4/h5-9,14H,10-13H2,1-4H3. The van der Waals surface area contributed by atoms with E-state index in [4.69, 9.17) is 9.47 Å². The van der Waals surface area contributed by atoms with Gasteiger partial charge in [-0.25, -0.2) is 8.42 Å². The van der Waals surface area contributed by atoms with E-state index >= 15 is 0 Å². The molecule has 0 atom stereocenters. The number of methoxy groups -OCH3 is 2. The fourth-order valence-corrected chi connectivity index (χ4v) is 4.89. The number of carbonyl (C=O) groups excluding carboxylic acids is 1. The SMILES string of the molecule is COc1cccc(C(=O)N2CCN(S(=O)(=O)c3ccc(C)c(C)c3)CC2)c1OC. The van der Waals surface area contributed by atoms with Gasteiger partial charge in [0.15, 0.2) is 11.5 Å². The minimum absolute atomic E-state index is 0.205. The molecule has 156 valence electrons. The van der Waals surface area contributed by atoms with Gasteiger partial charge in [0.2, 0.25) is 10.0 Å². The van der Waals surface area contributed by atoms with Crippen LogP contribution in [0.25, 0.3) is 0 Å². The molecule has 1 saturated heterocycles. The van der Waals surface area contributed by atoms with Crippen LogP contribution >= 0.6 is 0 Å². The average molecular weight is 419 g/mol. The number of para-hydroxylation sites is 1. The van der Waals surface area contributed by atoms with Crippen molar-refractivity contribution in [3.63, 3.8) is 0 Å². The van der Waals surface area contributed by atoms with Crippen molar-refractivity contribution in [2.24, 2.45) is 0 Å². The summed E-state index contributed by atoms with van der Waals surface area (Å²) in [6.07, 6.45) is 0. The molecule has 1 fully saturated rings. The molecule has 0 spiro atoms. The van der Waals surface area contributed by atoms with E-state index in [1.54, 1.807) is 35.2 Å². The van der Waals surface area contributed by atoms with Crippen LogP contribution < -0.4 is 9.47 Å².